The van der Waals surface area contributed by atoms with Gasteiger partial charge >= 0.3 is 0 Å². The van der Waals surface area contributed by atoms with Crippen molar-refractivity contribution in [3.8, 4) is 0 Å². The van der Waals surface area contributed by atoms with Gasteiger partial charge in [-0.1, -0.05) is 52.9 Å². The van der Waals surface area contributed by atoms with E-state index in [0.717, 1.165) is 31.5 Å². The Labute approximate surface area is 108 Å². The first-order valence-electron chi connectivity index (χ1n) is 7.25. The van der Waals surface area contributed by atoms with Crippen LogP contribution in [0, 0.1) is 17.3 Å². The summed E-state index contributed by atoms with van der Waals surface area (Å²) in [6.07, 6.45) is 7.21. The molecule has 17 heavy (non-hydrogen) atoms. The highest BCUT2D eigenvalue weighted by molar-refractivity contribution is 4.84. The predicted octanol–water partition coefficient (Wildman–Crippen LogP) is 3.47. The van der Waals surface area contributed by atoms with Gasteiger partial charge in [0.05, 0.1) is 6.61 Å². The number of ether oxygens (including phenoxy) is 1. The molecule has 1 aliphatic carbocycles. The van der Waals surface area contributed by atoms with Crippen LogP contribution < -0.4 is 5.32 Å². The predicted molar refractivity (Wildman–Crippen MR) is 74.3 cm³/mol. The minimum Gasteiger partial charge on any atom is -0.383 e. The lowest BCUT2D eigenvalue weighted by Crippen LogP contribution is -2.38. The fraction of sp³-hybridized carbons (Fsp3) is 1.00. The lowest BCUT2D eigenvalue weighted by molar-refractivity contribution is 0.118. The van der Waals surface area contributed by atoms with E-state index in [1.807, 2.05) is 0 Å². The molecule has 0 aromatic rings. The number of hydrogen-bond donors (Lipinski definition) is 1. The Morgan fingerprint density at radius 2 is 1.82 bits per heavy atom. The molecule has 1 unspecified atom stereocenters. The van der Waals surface area contributed by atoms with Gasteiger partial charge in [-0.05, 0) is 23.8 Å². The summed E-state index contributed by atoms with van der Waals surface area (Å²) < 4.78 is 5.09. The zero-order chi connectivity index (χ0) is 12.7. The van der Waals surface area contributed by atoms with Gasteiger partial charge in [-0.3, -0.25) is 0 Å². The van der Waals surface area contributed by atoms with Crippen LogP contribution in [0.2, 0.25) is 0 Å². The van der Waals surface area contributed by atoms with E-state index in [-0.39, 0.29) is 0 Å². The molecular weight excluding hydrogens is 210 g/mol. The maximum Gasteiger partial charge on any atom is 0.0587 e. The standard InChI is InChI=1S/C15H31NO/c1-15(2,3)14(12-16-10-11-17-4)13-8-6-5-7-9-13/h13-14,16H,5-12H2,1-4H3. The minimum absolute atomic E-state index is 0.419. The number of hydrogen-bond acceptors (Lipinski definition) is 2. The summed E-state index contributed by atoms with van der Waals surface area (Å²) >= 11 is 0. The topological polar surface area (TPSA) is 21.3 Å². The van der Waals surface area contributed by atoms with E-state index in [2.05, 4.69) is 26.1 Å². The third-order valence-corrected chi connectivity index (χ3v) is 4.18. The summed E-state index contributed by atoms with van der Waals surface area (Å²) in [6.45, 7) is 10.1. The number of nitrogens with one attached hydrogen (secondary N) is 1. The molecule has 1 fully saturated rings. The molecule has 0 spiro atoms. The van der Waals surface area contributed by atoms with Crippen LogP contribution in [0.1, 0.15) is 52.9 Å². The zero-order valence-electron chi connectivity index (χ0n) is 12.2. The fourth-order valence-corrected chi connectivity index (χ4v) is 3.15. The summed E-state index contributed by atoms with van der Waals surface area (Å²) in [4.78, 5) is 0. The molecule has 1 atom stereocenters. The molecule has 0 heterocycles. The Balaban J connectivity index is 2.42. The molecule has 0 amide bonds. The first kappa shape index (κ1) is 15.0. The lowest BCUT2D eigenvalue weighted by atomic mass is 9.68. The van der Waals surface area contributed by atoms with Gasteiger partial charge in [0.2, 0.25) is 0 Å². The summed E-state index contributed by atoms with van der Waals surface area (Å²) in [5.74, 6) is 1.73. The van der Waals surface area contributed by atoms with Crippen LogP contribution in [-0.4, -0.2) is 26.8 Å². The van der Waals surface area contributed by atoms with Crippen molar-refractivity contribution in [2.75, 3.05) is 26.8 Å². The molecule has 1 N–H and O–H groups in total. The SMILES string of the molecule is COCCNCC(C1CCCCC1)C(C)(C)C. The van der Waals surface area contributed by atoms with Crippen molar-refractivity contribution >= 4 is 0 Å². The molecular formula is C15H31NO. The summed E-state index contributed by atoms with van der Waals surface area (Å²) in [7, 11) is 1.77. The molecule has 1 aliphatic rings. The second-order valence-electron chi connectivity index (χ2n) is 6.57. The average Bonchev–Trinajstić information content (AvgIpc) is 2.28. The van der Waals surface area contributed by atoms with Gasteiger partial charge in [0.25, 0.3) is 0 Å². The Bertz CT molecular complexity index is 192. The highest BCUT2D eigenvalue weighted by Crippen LogP contribution is 2.39. The van der Waals surface area contributed by atoms with Gasteiger partial charge in [-0.15, -0.1) is 0 Å². The average molecular weight is 241 g/mol. The minimum atomic E-state index is 0.419. The van der Waals surface area contributed by atoms with E-state index in [1.54, 1.807) is 7.11 Å². The van der Waals surface area contributed by atoms with E-state index in [0.29, 0.717) is 5.41 Å². The Morgan fingerprint density at radius 1 is 1.18 bits per heavy atom. The van der Waals surface area contributed by atoms with Crippen LogP contribution in [0.5, 0.6) is 0 Å². The Kier molecular flexibility index (Phi) is 6.50. The molecule has 102 valence electrons. The zero-order valence-corrected chi connectivity index (χ0v) is 12.2. The maximum atomic E-state index is 5.09. The van der Waals surface area contributed by atoms with Gasteiger partial charge in [-0.25, -0.2) is 0 Å². The van der Waals surface area contributed by atoms with Crippen molar-refractivity contribution < 1.29 is 4.74 Å². The highest BCUT2D eigenvalue weighted by Gasteiger charge is 2.32. The molecule has 0 saturated heterocycles. The van der Waals surface area contributed by atoms with Crippen molar-refractivity contribution in [2.45, 2.75) is 52.9 Å². The lowest BCUT2D eigenvalue weighted by Gasteiger charge is -2.39. The fourth-order valence-electron chi connectivity index (χ4n) is 3.15. The van der Waals surface area contributed by atoms with Crippen LogP contribution in [0.15, 0.2) is 0 Å². The van der Waals surface area contributed by atoms with Crippen molar-refractivity contribution in [1.82, 2.24) is 5.32 Å². The molecule has 1 saturated carbocycles. The van der Waals surface area contributed by atoms with Crippen LogP contribution in [-0.2, 0) is 4.74 Å². The molecule has 0 aliphatic heterocycles. The molecule has 0 radical (unpaired) electrons. The smallest absolute Gasteiger partial charge is 0.0587 e. The van der Waals surface area contributed by atoms with Crippen molar-refractivity contribution in [3.63, 3.8) is 0 Å². The first-order chi connectivity index (χ1) is 8.05. The van der Waals surface area contributed by atoms with Crippen LogP contribution >= 0.6 is 0 Å². The Hall–Kier alpha value is -0.0800. The van der Waals surface area contributed by atoms with Crippen molar-refractivity contribution in [1.29, 1.82) is 0 Å². The van der Waals surface area contributed by atoms with Crippen LogP contribution in [0.3, 0.4) is 0 Å². The second kappa shape index (κ2) is 7.38. The van der Waals surface area contributed by atoms with E-state index < -0.39 is 0 Å². The molecule has 2 nitrogen and oxygen atoms in total. The molecule has 0 bridgehead atoms. The first-order valence-corrected chi connectivity index (χ1v) is 7.25. The van der Waals surface area contributed by atoms with E-state index in [4.69, 9.17) is 4.74 Å². The maximum absolute atomic E-state index is 5.09. The normalized spacial score (nSPS) is 20.5. The third kappa shape index (κ3) is 5.39. The van der Waals surface area contributed by atoms with Crippen LogP contribution in [0.4, 0.5) is 0 Å². The third-order valence-electron chi connectivity index (χ3n) is 4.18. The van der Waals surface area contributed by atoms with Gasteiger partial charge in [0, 0.05) is 13.7 Å². The van der Waals surface area contributed by atoms with E-state index in [1.165, 1.54) is 32.1 Å². The van der Waals surface area contributed by atoms with Crippen molar-refractivity contribution in [3.05, 3.63) is 0 Å². The second-order valence-corrected chi connectivity index (χ2v) is 6.57. The molecule has 0 aromatic heterocycles. The largest absolute Gasteiger partial charge is 0.383 e. The molecule has 2 heteroatoms. The van der Waals surface area contributed by atoms with Crippen molar-refractivity contribution in [2.24, 2.45) is 17.3 Å². The highest BCUT2D eigenvalue weighted by atomic mass is 16.5. The van der Waals surface area contributed by atoms with Crippen LogP contribution in [0.25, 0.3) is 0 Å². The molecule has 0 aromatic carbocycles. The van der Waals surface area contributed by atoms with E-state index >= 15 is 0 Å². The number of rotatable bonds is 6. The van der Waals surface area contributed by atoms with Gasteiger partial charge in [0.15, 0.2) is 0 Å². The van der Waals surface area contributed by atoms with E-state index in [9.17, 15) is 0 Å². The van der Waals surface area contributed by atoms with Gasteiger partial charge in [0.1, 0.15) is 0 Å². The molecule has 1 rings (SSSR count). The summed E-state index contributed by atoms with van der Waals surface area (Å²) in [6, 6.07) is 0. The quantitative estimate of drug-likeness (QED) is 0.719. The Morgan fingerprint density at radius 3 is 2.35 bits per heavy atom. The van der Waals surface area contributed by atoms with Gasteiger partial charge < -0.3 is 10.1 Å². The number of methoxy groups -OCH3 is 1. The summed E-state index contributed by atoms with van der Waals surface area (Å²) in [5, 5.41) is 3.57. The summed E-state index contributed by atoms with van der Waals surface area (Å²) in [5.41, 5.74) is 0.419. The monoisotopic (exact) mass is 241 g/mol. The van der Waals surface area contributed by atoms with Gasteiger partial charge in [-0.2, -0.15) is 0 Å².